The second kappa shape index (κ2) is 22.6. The number of hydrogen-bond donors (Lipinski definition) is 4. The fourth-order valence-electron chi connectivity index (χ4n) is 0.177. The van der Waals surface area contributed by atoms with Crippen LogP contribution in [0.15, 0.2) is 0 Å². The lowest BCUT2D eigenvalue weighted by Crippen LogP contribution is -2.15. The van der Waals surface area contributed by atoms with Gasteiger partial charge in [0.05, 0.1) is 0 Å². The number of nitrogens with one attached hydrogen (secondary N) is 1. The number of carbonyl (C=O) groups excluding carboxylic acids is 2. The molecule has 0 saturated carbocycles. The monoisotopic (exact) mass is 208 g/mol. The maximum Gasteiger partial charge on any atom is 0.219 e. The van der Waals surface area contributed by atoms with E-state index in [1.165, 1.54) is 7.05 Å². The van der Waals surface area contributed by atoms with Crippen molar-refractivity contribution in [2.75, 3.05) is 14.1 Å². The minimum Gasteiger partial charge on any atom is -0.370 e. The predicted octanol–water partition coefficient (Wildman–Crippen LogP) is -0.239. The number of carbonyl (C=O) groups is 2. The SMILES string of the molecule is CCC(=O)NC.CCC(N)=O.CN.N. The summed E-state index contributed by atoms with van der Waals surface area (Å²) >= 11 is 0. The molecule has 0 aliphatic rings. The highest BCUT2D eigenvalue weighted by atomic mass is 16.1. The molecule has 0 heterocycles. The van der Waals surface area contributed by atoms with E-state index in [2.05, 4.69) is 16.8 Å². The standard InChI is InChI=1S/C4H9NO.C3H7NO.CH5N.H3N/c1-3-4(6)5-2;1-2-3(4)5;1-2;/h3H2,1-2H3,(H,5,6);2H2,1H3,(H2,4,5);2H2,1H3;1H3. The van der Waals surface area contributed by atoms with Crippen LogP contribution in [-0.2, 0) is 9.59 Å². The van der Waals surface area contributed by atoms with E-state index in [-0.39, 0.29) is 18.0 Å². The molecular weight excluding hydrogens is 184 g/mol. The van der Waals surface area contributed by atoms with Crippen molar-refractivity contribution in [2.24, 2.45) is 11.5 Å². The summed E-state index contributed by atoms with van der Waals surface area (Å²) < 4.78 is 0. The van der Waals surface area contributed by atoms with Gasteiger partial charge in [0.1, 0.15) is 0 Å². The molecule has 0 aromatic heterocycles. The van der Waals surface area contributed by atoms with Crippen molar-refractivity contribution in [2.45, 2.75) is 26.7 Å². The van der Waals surface area contributed by atoms with Gasteiger partial charge in [0, 0.05) is 19.9 Å². The summed E-state index contributed by atoms with van der Waals surface area (Å²) in [5.41, 5.74) is 9.15. The molecule has 0 atom stereocenters. The van der Waals surface area contributed by atoms with Gasteiger partial charge in [0.2, 0.25) is 11.8 Å². The van der Waals surface area contributed by atoms with E-state index in [1.54, 1.807) is 14.0 Å². The molecule has 0 aliphatic carbocycles. The van der Waals surface area contributed by atoms with Crippen molar-refractivity contribution in [1.29, 1.82) is 0 Å². The van der Waals surface area contributed by atoms with Crippen LogP contribution in [0.2, 0.25) is 0 Å². The van der Waals surface area contributed by atoms with Crippen LogP contribution in [0.1, 0.15) is 26.7 Å². The predicted molar refractivity (Wildman–Crippen MR) is 59.0 cm³/mol. The van der Waals surface area contributed by atoms with Gasteiger partial charge in [0.15, 0.2) is 0 Å². The average molecular weight is 208 g/mol. The van der Waals surface area contributed by atoms with Crippen LogP contribution in [0, 0.1) is 0 Å². The molecule has 14 heavy (non-hydrogen) atoms. The van der Waals surface area contributed by atoms with Gasteiger partial charge in [0.25, 0.3) is 0 Å². The fourth-order valence-corrected chi connectivity index (χ4v) is 0.177. The van der Waals surface area contributed by atoms with Crippen molar-refractivity contribution in [3.63, 3.8) is 0 Å². The van der Waals surface area contributed by atoms with Crippen molar-refractivity contribution in [3.8, 4) is 0 Å². The van der Waals surface area contributed by atoms with Crippen LogP contribution in [-0.4, -0.2) is 25.9 Å². The maximum absolute atomic E-state index is 10.1. The molecule has 0 fully saturated rings. The minimum atomic E-state index is -0.245. The number of primary amides is 1. The van der Waals surface area contributed by atoms with Gasteiger partial charge in [-0.25, -0.2) is 0 Å². The van der Waals surface area contributed by atoms with Crippen molar-refractivity contribution >= 4 is 11.8 Å². The lowest BCUT2D eigenvalue weighted by atomic mass is 10.5. The second-order valence-electron chi connectivity index (χ2n) is 1.85. The Morgan fingerprint density at radius 1 is 1.14 bits per heavy atom. The Bertz CT molecular complexity index is 123. The first-order chi connectivity index (χ1) is 6.08. The van der Waals surface area contributed by atoms with Gasteiger partial charge < -0.3 is 22.9 Å². The Hall–Kier alpha value is -1.14. The Morgan fingerprint density at radius 2 is 1.43 bits per heavy atom. The normalized spacial score (nSPS) is 6.36. The molecule has 0 aliphatic heterocycles. The quantitative estimate of drug-likeness (QED) is 0.498. The zero-order chi connectivity index (χ0) is 11.3. The summed E-state index contributed by atoms with van der Waals surface area (Å²) in [6, 6.07) is 0. The highest BCUT2D eigenvalue weighted by Crippen LogP contribution is 1.68. The summed E-state index contributed by atoms with van der Waals surface area (Å²) in [6.07, 6.45) is 1.02. The van der Waals surface area contributed by atoms with Gasteiger partial charge in [-0.1, -0.05) is 13.8 Å². The van der Waals surface area contributed by atoms with Gasteiger partial charge in [-0.05, 0) is 7.05 Å². The van der Waals surface area contributed by atoms with E-state index in [4.69, 9.17) is 0 Å². The van der Waals surface area contributed by atoms with E-state index in [0.717, 1.165) is 0 Å². The number of hydrogen-bond acceptors (Lipinski definition) is 4. The van der Waals surface area contributed by atoms with Gasteiger partial charge in [-0.15, -0.1) is 0 Å². The van der Waals surface area contributed by atoms with Crippen LogP contribution in [0.4, 0.5) is 0 Å². The zero-order valence-corrected chi connectivity index (χ0v) is 9.59. The van der Waals surface area contributed by atoms with E-state index in [9.17, 15) is 9.59 Å². The first kappa shape index (κ1) is 23.0. The third-order valence-electron chi connectivity index (χ3n) is 0.948. The molecule has 0 bridgehead atoms. The third kappa shape index (κ3) is 44.7. The molecule has 0 aromatic rings. The van der Waals surface area contributed by atoms with Crippen molar-refractivity contribution in [1.82, 2.24) is 11.5 Å². The molecule has 88 valence electrons. The first-order valence-corrected chi connectivity index (χ1v) is 4.15. The molecule has 0 spiro atoms. The van der Waals surface area contributed by atoms with E-state index < -0.39 is 0 Å². The van der Waals surface area contributed by atoms with Crippen molar-refractivity contribution in [3.05, 3.63) is 0 Å². The molecule has 8 N–H and O–H groups in total. The van der Waals surface area contributed by atoms with E-state index in [1.807, 2.05) is 6.92 Å². The minimum absolute atomic E-state index is 0. The maximum atomic E-state index is 10.1. The molecule has 0 saturated heterocycles. The van der Waals surface area contributed by atoms with Crippen LogP contribution in [0.25, 0.3) is 0 Å². The molecule has 2 amide bonds. The molecule has 0 aromatic carbocycles. The Morgan fingerprint density at radius 3 is 1.43 bits per heavy atom. The van der Waals surface area contributed by atoms with Crippen LogP contribution in [0.3, 0.4) is 0 Å². The average Bonchev–Trinajstić information content (AvgIpc) is 2.20. The highest BCUT2D eigenvalue weighted by molar-refractivity contribution is 5.75. The summed E-state index contributed by atoms with van der Waals surface area (Å²) in [7, 11) is 3.13. The largest absolute Gasteiger partial charge is 0.370 e. The van der Waals surface area contributed by atoms with E-state index >= 15 is 0 Å². The summed E-state index contributed by atoms with van der Waals surface area (Å²) in [5.74, 6) is -0.153. The van der Waals surface area contributed by atoms with Crippen LogP contribution in [0.5, 0.6) is 0 Å². The number of amides is 2. The lowest BCUT2D eigenvalue weighted by Gasteiger charge is -1.87. The van der Waals surface area contributed by atoms with Gasteiger partial charge in [-0.2, -0.15) is 0 Å². The smallest absolute Gasteiger partial charge is 0.219 e. The second-order valence-corrected chi connectivity index (χ2v) is 1.85. The van der Waals surface area contributed by atoms with Crippen molar-refractivity contribution < 1.29 is 9.59 Å². The highest BCUT2D eigenvalue weighted by Gasteiger charge is 1.84. The Balaban J connectivity index is -0.0000000576. The van der Waals surface area contributed by atoms with E-state index in [0.29, 0.717) is 12.8 Å². The number of nitrogens with two attached hydrogens (primary N) is 2. The molecule has 6 heteroatoms. The number of rotatable bonds is 2. The summed E-state index contributed by atoms with van der Waals surface area (Å²) in [5, 5.41) is 2.48. The first-order valence-electron chi connectivity index (χ1n) is 4.15. The van der Waals surface area contributed by atoms with Crippen LogP contribution >= 0.6 is 0 Å². The summed E-state index contributed by atoms with van der Waals surface area (Å²) in [6.45, 7) is 3.54. The Labute approximate surface area is 86.0 Å². The summed E-state index contributed by atoms with van der Waals surface area (Å²) in [4.78, 5) is 19.7. The van der Waals surface area contributed by atoms with Gasteiger partial charge in [-0.3, -0.25) is 9.59 Å². The molecule has 0 rings (SSSR count). The lowest BCUT2D eigenvalue weighted by molar-refractivity contribution is -0.120. The molecule has 6 nitrogen and oxygen atoms in total. The third-order valence-corrected chi connectivity index (χ3v) is 0.948. The molecule has 0 unspecified atom stereocenters. The molecular formula is C8H24N4O2. The zero-order valence-electron chi connectivity index (χ0n) is 9.59. The van der Waals surface area contributed by atoms with Crippen LogP contribution < -0.4 is 22.9 Å². The topological polar surface area (TPSA) is 133 Å². The molecule has 0 radical (unpaired) electrons. The fraction of sp³-hybridized carbons (Fsp3) is 0.750. The Kier molecular flexibility index (Phi) is 37.3. The van der Waals surface area contributed by atoms with Gasteiger partial charge >= 0.3 is 0 Å².